The summed E-state index contributed by atoms with van der Waals surface area (Å²) in [6.45, 7) is 11.0. The Morgan fingerprint density at radius 2 is 2.12 bits per heavy atom. The maximum atomic E-state index is 9.94. The highest BCUT2D eigenvalue weighted by atomic mass is 16.3. The van der Waals surface area contributed by atoms with Crippen LogP contribution in [0.15, 0.2) is 23.8 Å². The minimum Gasteiger partial charge on any atom is -0.389 e. The molecule has 1 nitrogen and oxygen atoms in total. The summed E-state index contributed by atoms with van der Waals surface area (Å²) in [7, 11) is 0. The van der Waals surface area contributed by atoms with E-state index in [0.717, 1.165) is 30.8 Å². The first-order chi connectivity index (χ1) is 7.42. The zero-order valence-corrected chi connectivity index (χ0v) is 10.8. The van der Waals surface area contributed by atoms with Crippen LogP contribution in [0.5, 0.6) is 0 Å². The monoisotopic (exact) mass is 220 g/mol. The molecule has 0 bridgehead atoms. The van der Waals surface area contributed by atoms with Crippen molar-refractivity contribution in [1.29, 1.82) is 0 Å². The summed E-state index contributed by atoms with van der Waals surface area (Å²) in [6, 6.07) is 0. The lowest BCUT2D eigenvalue weighted by atomic mass is 9.52. The third-order valence-electron chi connectivity index (χ3n) is 4.72. The fourth-order valence-electron chi connectivity index (χ4n) is 3.34. The minimum absolute atomic E-state index is 0.252. The van der Waals surface area contributed by atoms with Crippen LogP contribution in [0.4, 0.5) is 0 Å². The third kappa shape index (κ3) is 1.98. The summed E-state index contributed by atoms with van der Waals surface area (Å²) in [4.78, 5) is 0. The van der Waals surface area contributed by atoms with E-state index < -0.39 is 0 Å². The summed E-state index contributed by atoms with van der Waals surface area (Å²) in [6.07, 6.45) is 6.23. The summed E-state index contributed by atoms with van der Waals surface area (Å²) in [5.74, 6) is 1.43. The predicted molar refractivity (Wildman–Crippen MR) is 68.1 cm³/mol. The second-order valence-corrected chi connectivity index (χ2v) is 6.30. The maximum Gasteiger partial charge on any atom is 0.0750 e. The van der Waals surface area contributed by atoms with Gasteiger partial charge in [-0.3, -0.25) is 0 Å². The van der Waals surface area contributed by atoms with Crippen molar-refractivity contribution in [2.75, 3.05) is 0 Å². The summed E-state index contributed by atoms with van der Waals surface area (Å²) in [5.41, 5.74) is 2.97. The molecule has 0 heterocycles. The normalized spacial score (nSPS) is 41.9. The van der Waals surface area contributed by atoms with Crippen LogP contribution in [0.2, 0.25) is 0 Å². The van der Waals surface area contributed by atoms with E-state index >= 15 is 0 Å². The summed E-state index contributed by atoms with van der Waals surface area (Å²) in [5, 5.41) is 9.94. The highest BCUT2D eigenvalue weighted by Gasteiger charge is 2.47. The number of hydrogen-bond acceptors (Lipinski definition) is 1. The van der Waals surface area contributed by atoms with Gasteiger partial charge in [-0.1, -0.05) is 32.1 Å². The Bertz CT molecular complexity index is 324. The predicted octanol–water partition coefficient (Wildman–Crippen LogP) is 3.70. The lowest BCUT2D eigenvalue weighted by Gasteiger charge is -2.52. The smallest absolute Gasteiger partial charge is 0.0750 e. The molecule has 90 valence electrons. The van der Waals surface area contributed by atoms with Crippen molar-refractivity contribution in [2.24, 2.45) is 17.3 Å². The zero-order chi connectivity index (χ0) is 11.9. The van der Waals surface area contributed by atoms with Gasteiger partial charge < -0.3 is 5.11 Å². The molecule has 2 aliphatic carbocycles. The van der Waals surface area contributed by atoms with Crippen molar-refractivity contribution in [2.45, 2.75) is 52.6 Å². The van der Waals surface area contributed by atoms with Gasteiger partial charge in [0, 0.05) is 0 Å². The lowest BCUT2D eigenvalue weighted by molar-refractivity contribution is 0.0119. The second kappa shape index (κ2) is 4.03. The number of rotatable bonds is 0. The SMILES string of the molecule is C=C1CC[C@H](O)/C(C)=C/C[C@@H]2[C@@H]1CC2(C)C. The van der Waals surface area contributed by atoms with Crippen LogP contribution in [-0.2, 0) is 0 Å². The van der Waals surface area contributed by atoms with Crippen LogP contribution in [0.1, 0.15) is 46.5 Å². The largest absolute Gasteiger partial charge is 0.389 e. The number of allylic oxidation sites excluding steroid dienone is 2. The van der Waals surface area contributed by atoms with Crippen molar-refractivity contribution in [3.8, 4) is 0 Å². The molecule has 1 saturated carbocycles. The number of aliphatic hydroxyl groups excluding tert-OH is 1. The molecule has 0 amide bonds. The number of aliphatic hydroxyl groups is 1. The first kappa shape index (κ1) is 11.9. The van der Waals surface area contributed by atoms with Crippen molar-refractivity contribution >= 4 is 0 Å². The third-order valence-corrected chi connectivity index (χ3v) is 4.72. The highest BCUT2D eigenvalue weighted by molar-refractivity contribution is 5.18. The molecule has 1 fully saturated rings. The molecule has 1 heteroatoms. The molecule has 0 aliphatic heterocycles. The minimum atomic E-state index is -0.252. The Hall–Kier alpha value is -0.560. The average molecular weight is 220 g/mol. The molecule has 3 atom stereocenters. The van der Waals surface area contributed by atoms with Gasteiger partial charge in [-0.15, -0.1) is 0 Å². The van der Waals surface area contributed by atoms with E-state index in [1.807, 2.05) is 0 Å². The zero-order valence-electron chi connectivity index (χ0n) is 10.8. The molecule has 0 spiro atoms. The average Bonchev–Trinajstić information content (AvgIpc) is 2.24. The molecule has 16 heavy (non-hydrogen) atoms. The molecular weight excluding hydrogens is 196 g/mol. The summed E-state index contributed by atoms with van der Waals surface area (Å²) < 4.78 is 0. The quantitative estimate of drug-likeness (QED) is 0.617. The topological polar surface area (TPSA) is 20.2 Å². The molecule has 0 aromatic carbocycles. The molecule has 0 aromatic heterocycles. The molecule has 1 N–H and O–H groups in total. The molecule has 2 rings (SSSR count). The van der Waals surface area contributed by atoms with Gasteiger partial charge >= 0.3 is 0 Å². The standard InChI is InChI=1S/C15H24O/c1-10-6-8-14(16)11(2)5-7-13-12(10)9-15(13,3)4/h5,12-14,16H,1,6-9H2,2-4H3/b11-5+/t12-,13-,14+/m1/s1. The Morgan fingerprint density at radius 1 is 1.44 bits per heavy atom. The molecule has 2 aliphatic rings. The molecule has 0 radical (unpaired) electrons. The molecule has 0 unspecified atom stereocenters. The molecular formula is C15H24O. The molecule has 0 aromatic rings. The Morgan fingerprint density at radius 3 is 2.75 bits per heavy atom. The second-order valence-electron chi connectivity index (χ2n) is 6.30. The number of fused-ring (bicyclic) bond motifs is 1. The molecule has 0 saturated heterocycles. The van der Waals surface area contributed by atoms with Crippen LogP contribution in [0.25, 0.3) is 0 Å². The lowest BCUT2D eigenvalue weighted by Crippen LogP contribution is -2.44. The van der Waals surface area contributed by atoms with Crippen LogP contribution in [-0.4, -0.2) is 11.2 Å². The Labute approximate surface area is 99.3 Å². The fraction of sp³-hybridized carbons (Fsp3) is 0.733. The Balaban J connectivity index is 2.18. The number of hydrogen-bond donors (Lipinski definition) is 1. The highest BCUT2D eigenvalue weighted by Crippen LogP contribution is 2.56. The van der Waals surface area contributed by atoms with Gasteiger partial charge in [0.05, 0.1) is 6.10 Å². The van der Waals surface area contributed by atoms with E-state index in [-0.39, 0.29) is 6.10 Å². The van der Waals surface area contributed by atoms with Crippen molar-refractivity contribution in [1.82, 2.24) is 0 Å². The van der Waals surface area contributed by atoms with Gasteiger partial charge in [-0.05, 0) is 55.4 Å². The van der Waals surface area contributed by atoms with Crippen molar-refractivity contribution in [3.05, 3.63) is 23.8 Å². The van der Waals surface area contributed by atoms with Gasteiger partial charge in [-0.25, -0.2) is 0 Å². The van der Waals surface area contributed by atoms with E-state index in [1.165, 1.54) is 12.0 Å². The van der Waals surface area contributed by atoms with E-state index in [9.17, 15) is 5.11 Å². The van der Waals surface area contributed by atoms with Crippen LogP contribution in [0.3, 0.4) is 0 Å². The van der Waals surface area contributed by atoms with Crippen LogP contribution in [0, 0.1) is 17.3 Å². The van der Waals surface area contributed by atoms with E-state index in [2.05, 4.69) is 33.4 Å². The van der Waals surface area contributed by atoms with Gasteiger partial charge in [-0.2, -0.15) is 0 Å². The van der Waals surface area contributed by atoms with Gasteiger partial charge in [0.1, 0.15) is 0 Å². The Kier molecular flexibility index (Phi) is 3.00. The fourth-order valence-corrected chi connectivity index (χ4v) is 3.34. The first-order valence-corrected chi connectivity index (χ1v) is 6.44. The van der Waals surface area contributed by atoms with Crippen LogP contribution >= 0.6 is 0 Å². The maximum absolute atomic E-state index is 9.94. The van der Waals surface area contributed by atoms with E-state index in [4.69, 9.17) is 0 Å². The van der Waals surface area contributed by atoms with Crippen molar-refractivity contribution < 1.29 is 5.11 Å². The van der Waals surface area contributed by atoms with Crippen LogP contribution < -0.4 is 0 Å². The van der Waals surface area contributed by atoms with Gasteiger partial charge in [0.15, 0.2) is 0 Å². The van der Waals surface area contributed by atoms with E-state index in [0.29, 0.717) is 11.3 Å². The van der Waals surface area contributed by atoms with Gasteiger partial charge in [0.2, 0.25) is 0 Å². The van der Waals surface area contributed by atoms with E-state index in [1.54, 1.807) is 0 Å². The first-order valence-electron chi connectivity index (χ1n) is 6.44. The van der Waals surface area contributed by atoms with Gasteiger partial charge in [0.25, 0.3) is 0 Å². The summed E-state index contributed by atoms with van der Waals surface area (Å²) >= 11 is 0. The van der Waals surface area contributed by atoms with Crippen molar-refractivity contribution in [3.63, 3.8) is 0 Å².